The average molecular weight is 560 g/mol. The minimum absolute atomic E-state index is 0.134. The van der Waals surface area contributed by atoms with E-state index in [-0.39, 0.29) is 12.0 Å². The van der Waals surface area contributed by atoms with E-state index < -0.39 is 0 Å². The number of rotatable bonds is 15. The number of carbonyl (C=O) groups is 1. The predicted molar refractivity (Wildman–Crippen MR) is 167 cm³/mol. The standard InChI is InChI=1S/C35H65N3O2/c1-6-24(2)31(39)13-10-25(3)28-11-12-29-33-30(15-17-35(28,29)5)34(4)16-14-27(22-26(34)23-32(33)40)38-21-9-20-37-19-8-7-18-36/h24-30,32-33,37-38,40H,6-23,36H2,1-5H3/t24?,25-,26-,27+,28?,29?,30?,32?,33?,34+,35-/m1/s1. The summed E-state index contributed by atoms with van der Waals surface area (Å²) >= 11 is 0. The molecule has 5 N–H and O–H groups in total. The molecule has 0 aromatic carbocycles. The molecule has 11 atom stereocenters. The van der Waals surface area contributed by atoms with Gasteiger partial charge < -0.3 is 21.5 Å². The van der Waals surface area contributed by atoms with Gasteiger partial charge in [0.15, 0.2) is 0 Å². The van der Waals surface area contributed by atoms with E-state index in [0.717, 1.165) is 58.3 Å². The van der Waals surface area contributed by atoms with Gasteiger partial charge in [-0.05, 0) is 156 Å². The first-order valence-corrected chi connectivity index (χ1v) is 17.5. The zero-order valence-electron chi connectivity index (χ0n) is 26.9. The lowest BCUT2D eigenvalue weighted by atomic mass is 9.43. The van der Waals surface area contributed by atoms with Crippen molar-refractivity contribution in [2.24, 2.45) is 58.0 Å². The van der Waals surface area contributed by atoms with Crippen molar-refractivity contribution in [2.75, 3.05) is 26.2 Å². The molecule has 4 saturated carbocycles. The number of nitrogens with two attached hydrogens (primary N) is 1. The summed E-state index contributed by atoms with van der Waals surface area (Å²) in [5, 5.41) is 19.2. The first-order valence-electron chi connectivity index (χ1n) is 17.5. The van der Waals surface area contributed by atoms with Crippen LogP contribution in [0.1, 0.15) is 125 Å². The second kappa shape index (κ2) is 14.3. The molecule has 5 heteroatoms. The van der Waals surface area contributed by atoms with Crippen LogP contribution in [0.15, 0.2) is 0 Å². The van der Waals surface area contributed by atoms with Gasteiger partial charge in [-0.2, -0.15) is 0 Å². The number of fused-ring (bicyclic) bond motifs is 5. The summed E-state index contributed by atoms with van der Waals surface area (Å²) in [6.45, 7) is 15.9. The molecule has 0 amide bonds. The minimum Gasteiger partial charge on any atom is -0.393 e. The summed E-state index contributed by atoms with van der Waals surface area (Å²) in [5.41, 5.74) is 6.31. The van der Waals surface area contributed by atoms with Crippen LogP contribution in [0.4, 0.5) is 0 Å². The Labute approximate surface area is 247 Å². The van der Waals surface area contributed by atoms with Crippen LogP contribution in [-0.4, -0.2) is 49.2 Å². The molecule has 4 aliphatic rings. The Morgan fingerprint density at radius 1 is 0.950 bits per heavy atom. The fraction of sp³-hybridized carbons (Fsp3) is 0.971. The molecular weight excluding hydrogens is 494 g/mol. The fourth-order valence-electron chi connectivity index (χ4n) is 10.5. The summed E-state index contributed by atoms with van der Waals surface area (Å²) in [4.78, 5) is 12.6. The number of ketones is 1. The van der Waals surface area contributed by atoms with Crippen LogP contribution in [0.2, 0.25) is 0 Å². The highest BCUT2D eigenvalue weighted by Gasteiger charge is 2.62. The third kappa shape index (κ3) is 6.84. The van der Waals surface area contributed by atoms with Crippen molar-refractivity contribution in [3.63, 3.8) is 0 Å². The minimum atomic E-state index is -0.134. The molecule has 5 nitrogen and oxygen atoms in total. The summed E-state index contributed by atoms with van der Waals surface area (Å²) in [6.07, 6.45) is 16.2. The number of Topliss-reactive ketones (excluding diaryl/α,β-unsaturated/α-hetero) is 1. The lowest BCUT2D eigenvalue weighted by Crippen LogP contribution is -2.59. The van der Waals surface area contributed by atoms with Crippen molar-refractivity contribution in [1.29, 1.82) is 0 Å². The Hall–Kier alpha value is -0.490. The predicted octanol–water partition coefficient (Wildman–Crippen LogP) is 6.32. The Balaban J connectivity index is 1.30. The molecule has 0 aromatic rings. The van der Waals surface area contributed by atoms with Gasteiger partial charge in [0.2, 0.25) is 0 Å². The van der Waals surface area contributed by atoms with E-state index in [2.05, 4.69) is 45.3 Å². The molecule has 4 aliphatic carbocycles. The van der Waals surface area contributed by atoms with E-state index in [1.54, 1.807) is 0 Å². The number of unbranched alkanes of at least 4 members (excludes halogenated alkanes) is 1. The average Bonchev–Trinajstić information content (AvgIpc) is 3.30. The van der Waals surface area contributed by atoms with Gasteiger partial charge in [0.25, 0.3) is 0 Å². The molecule has 0 aromatic heterocycles. The molecule has 4 fully saturated rings. The lowest BCUT2D eigenvalue weighted by molar-refractivity contribution is -0.167. The van der Waals surface area contributed by atoms with Crippen molar-refractivity contribution in [2.45, 2.75) is 137 Å². The number of aliphatic hydroxyl groups is 1. The Kier molecular flexibility index (Phi) is 11.6. The quantitative estimate of drug-likeness (QED) is 0.176. The molecule has 0 saturated heterocycles. The Bertz CT molecular complexity index is 806. The highest BCUT2D eigenvalue weighted by atomic mass is 16.3. The first kappa shape index (κ1) is 32.4. The Morgan fingerprint density at radius 2 is 1.68 bits per heavy atom. The van der Waals surface area contributed by atoms with Crippen molar-refractivity contribution in [3.05, 3.63) is 0 Å². The lowest BCUT2D eigenvalue weighted by Gasteiger charge is -2.62. The van der Waals surface area contributed by atoms with E-state index >= 15 is 0 Å². The van der Waals surface area contributed by atoms with Gasteiger partial charge in [0.05, 0.1) is 6.10 Å². The third-order valence-corrected chi connectivity index (χ3v) is 13.2. The number of carbonyl (C=O) groups excluding carboxylic acids is 1. The first-order chi connectivity index (χ1) is 19.2. The maximum atomic E-state index is 12.6. The maximum Gasteiger partial charge on any atom is 0.135 e. The number of hydrogen-bond acceptors (Lipinski definition) is 5. The zero-order chi connectivity index (χ0) is 28.9. The van der Waals surface area contributed by atoms with Crippen molar-refractivity contribution in [1.82, 2.24) is 10.6 Å². The molecule has 0 radical (unpaired) electrons. The van der Waals surface area contributed by atoms with Gasteiger partial charge in [-0.15, -0.1) is 0 Å². The SMILES string of the molecule is CCC(C)C(=O)CC[C@@H](C)C1CCC2C3C(O)C[C@H]4C[C@@H](NCCCNCCCCN)CC[C@]4(C)C3CC[C@@]21C. The molecule has 232 valence electrons. The van der Waals surface area contributed by atoms with Crippen molar-refractivity contribution < 1.29 is 9.90 Å². The number of nitrogens with one attached hydrogen (secondary N) is 2. The molecule has 6 unspecified atom stereocenters. The normalized spacial score (nSPS) is 40.6. The van der Waals surface area contributed by atoms with Crippen LogP contribution in [-0.2, 0) is 4.79 Å². The molecular formula is C35H65N3O2. The van der Waals surface area contributed by atoms with Crippen molar-refractivity contribution in [3.8, 4) is 0 Å². The molecule has 0 aliphatic heterocycles. The van der Waals surface area contributed by atoms with Crippen LogP contribution < -0.4 is 16.4 Å². The van der Waals surface area contributed by atoms with Crippen LogP contribution in [0.5, 0.6) is 0 Å². The van der Waals surface area contributed by atoms with Crippen LogP contribution in [0.25, 0.3) is 0 Å². The molecule has 40 heavy (non-hydrogen) atoms. The molecule has 0 heterocycles. The molecule has 4 rings (SSSR count). The smallest absolute Gasteiger partial charge is 0.135 e. The summed E-state index contributed by atoms with van der Waals surface area (Å²) in [6, 6.07) is 0.614. The highest BCUT2D eigenvalue weighted by molar-refractivity contribution is 5.80. The van der Waals surface area contributed by atoms with Gasteiger partial charge in [-0.25, -0.2) is 0 Å². The fourth-order valence-corrected chi connectivity index (χ4v) is 10.5. The molecule has 0 spiro atoms. The maximum absolute atomic E-state index is 12.6. The third-order valence-electron chi connectivity index (χ3n) is 13.2. The summed E-state index contributed by atoms with van der Waals surface area (Å²) in [7, 11) is 0. The van der Waals surface area contributed by atoms with E-state index in [1.165, 1.54) is 57.8 Å². The Morgan fingerprint density at radius 3 is 2.42 bits per heavy atom. The number of aliphatic hydroxyl groups excluding tert-OH is 1. The summed E-state index contributed by atoms with van der Waals surface area (Å²) in [5.74, 6) is 4.44. The highest BCUT2D eigenvalue weighted by Crippen LogP contribution is 2.68. The monoisotopic (exact) mass is 560 g/mol. The van der Waals surface area contributed by atoms with Gasteiger partial charge in [-0.3, -0.25) is 4.79 Å². The van der Waals surface area contributed by atoms with Crippen LogP contribution in [0.3, 0.4) is 0 Å². The van der Waals surface area contributed by atoms with E-state index in [0.29, 0.717) is 58.2 Å². The van der Waals surface area contributed by atoms with Crippen LogP contribution >= 0.6 is 0 Å². The second-order valence-electron chi connectivity index (χ2n) is 15.3. The zero-order valence-corrected chi connectivity index (χ0v) is 26.9. The van der Waals surface area contributed by atoms with E-state index in [9.17, 15) is 9.90 Å². The van der Waals surface area contributed by atoms with E-state index in [1.807, 2.05) is 0 Å². The van der Waals surface area contributed by atoms with Crippen molar-refractivity contribution >= 4 is 5.78 Å². The van der Waals surface area contributed by atoms with Gasteiger partial charge in [-0.1, -0.05) is 34.6 Å². The van der Waals surface area contributed by atoms with E-state index in [4.69, 9.17) is 5.73 Å². The van der Waals surface area contributed by atoms with Crippen LogP contribution in [0, 0.1) is 52.3 Å². The largest absolute Gasteiger partial charge is 0.393 e. The summed E-state index contributed by atoms with van der Waals surface area (Å²) < 4.78 is 0. The van der Waals surface area contributed by atoms with Gasteiger partial charge in [0.1, 0.15) is 5.78 Å². The topological polar surface area (TPSA) is 87.4 Å². The molecule has 0 bridgehead atoms. The van der Waals surface area contributed by atoms with Gasteiger partial charge >= 0.3 is 0 Å². The van der Waals surface area contributed by atoms with Gasteiger partial charge in [0, 0.05) is 18.4 Å². The second-order valence-corrected chi connectivity index (χ2v) is 15.3. The number of hydrogen-bond donors (Lipinski definition) is 4.